The Hall–Kier alpha value is -1.23. The second-order valence-electron chi connectivity index (χ2n) is 2.49. The third-order valence-electron chi connectivity index (χ3n) is 1.49. The minimum absolute atomic E-state index is 0.128. The summed E-state index contributed by atoms with van der Waals surface area (Å²) in [5.41, 5.74) is 4.50. The maximum Gasteiger partial charge on any atom is 0.241 e. The Morgan fingerprint density at radius 3 is 2.64 bits per heavy atom. The molecule has 1 aromatic rings. The molecule has 0 fully saturated rings. The molecule has 2 N–H and O–H groups in total. The molecule has 0 aliphatic rings. The molecule has 0 unspecified atom stereocenters. The minimum Gasteiger partial charge on any atom is -0.366 e. The van der Waals surface area contributed by atoms with E-state index >= 15 is 0 Å². The highest BCUT2D eigenvalue weighted by atomic mass is 79.9. The molecule has 74 valence electrons. The molecule has 0 aliphatic heterocycles. The van der Waals surface area contributed by atoms with Crippen LogP contribution < -0.4 is 5.73 Å². The van der Waals surface area contributed by atoms with Gasteiger partial charge in [0.05, 0.1) is 4.47 Å². The van der Waals surface area contributed by atoms with Crippen LogP contribution in [0.3, 0.4) is 0 Å². The van der Waals surface area contributed by atoms with Gasteiger partial charge in [-0.1, -0.05) is 0 Å². The predicted molar refractivity (Wildman–Crippen MR) is 52.3 cm³/mol. The zero-order valence-electron chi connectivity index (χ0n) is 6.93. The Balaban J connectivity index is 3.19. The van der Waals surface area contributed by atoms with E-state index in [9.17, 15) is 13.6 Å². The van der Waals surface area contributed by atoms with E-state index in [1.165, 1.54) is 6.07 Å². The molecule has 0 atom stereocenters. The van der Waals surface area contributed by atoms with Gasteiger partial charge < -0.3 is 5.73 Å². The average molecular weight is 262 g/mol. The second kappa shape index (κ2) is 4.32. The van der Waals surface area contributed by atoms with Crippen LogP contribution in [0, 0.1) is 11.6 Å². The third-order valence-corrected chi connectivity index (χ3v) is 2.11. The number of hydrogen-bond donors (Lipinski definition) is 1. The van der Waals surface area contributed by atoms with Crippen molar-refractivity contribution in [2.24, 2.45) is 5.73 Å². The van der Waals surface area contributed by atoms with Crippen molar-refractivity contribution in [2.75, 3.05) is 0 Å². The van der Waals surface area contributed by atoms with E-state index in [1.54, 1.807) is 0 Å². The Labute approximate surface area is 87.5 Å². The van der Waals surface area contributed by atoms with Gasteiger partial charge in [-0.25, -0.2) is 8.78 Å². The molecule has 0 saturated heterocycles. The van der Waals surface area contributed by atoms with Crippen LogP contribution in [0.1, 0.15) is 5.56 Å². The maximum absolute atomic E-state index is 13.2. The number of benzene rings is 1. The average Bonchev–Trinajstić information content (AvgIpc) is 2.11. The first kappa shape index (κ1) is 10.8. The van der Waals surface area contributed by atoms with Crippen LogP contribution in [-0.4, -0.2) is 5.91 Å². The number of hydrogen-bond acceptors (Lipinski definition) is 1. The molecule has 0 aromatic heterocycles. The van der Waals surface area contributed by atoms with Crippen molar-refractivity contribution in [1.82, 2.24) is 0 Å². The Bertz CT molecular complexity index is 404. The minimum atomic E-state index is -0.762. The van der Waals surface area contributed by atoms with Crippen LogP contribution in [-0.2, 0) is 4.79 Å². The van der Waals surface area contributed by atoms with Gasteiger partial charge in [-0.3, -0.25) is 4.79 Å². The van der Waals surface area contributed by atoms with Crippen molar-refractivity contribution in [2.45, 2.75) is 0 Å². The fourth-order valence-electron chi connectivity index (χ4n) is 0.861. The van der Waals surface area contributed by atoms with Crippen LogP contribution in [0.5, 0.6) is 0 Å². The van der Waals surface area contributed by atoms with Gasteiger partial charge in [0.1, 0.15) is 11.6 Å². The Kier molecular flexibility index (Phi) is 3.35. The SMILES string of the molecule is NC(=O)C=Cc1c(F)ccc(Br)c1F. The smallest absolute Gasteiger partial charge is 0.241 e. The van der Waals surface area contributed by atoms with E-state index in [0.717, 1.165) is 18.2 Å². The van der Waals surface area contributed by atoms with Crippen molar-refractivity contribution in [1.29, 1.82) is 0 Å². The summed E-state index contributed by atoms with van der Waals surface area (Å²) in [5.74, 6) is -2.27. The molecular formula is C9H6BrF2NO. The summed E-state index contributed by atoms with van der Waals surface area (Å²) in [7, 11) is 0. The summed E-state index contributed by atoms with van der Waals surface area (Å²) in [4.78, 5) is 10.4. The number of carbonyl (C=O) groups is 1. The zero-order chi connectivity index (χ0) is 10.7. The van der Waals surface area contributed by atoms with Gasteiger partial charge in [-0.2, -0.15) is 0 Å². The molecule has 1 aromatic carbocycles. The van der Waals surface area contributed by atoms with Gasteiger partial charge in [0.15, 0.2) is 0 Å². The topological polar surface area (TPSA) is 43.1 Å². The van der Waals surface area contributed by atoms with Gasteiger partial charge in [-0.05, 0) is 34.1 Å². The van der Waals surface area contributed by atoms with E-state index < -0.39 is 17.5 Å². The van der Waals surface area contributed by atoms with E-state index in [1.807, 2.05) is 0 Å². The number of halogens is 3. The lowest BCUT2D eigenvalue weighted by Crippen LogP contribution is -2.05. The number of amides is 1. The third kappa shape index (κ3) is 2.38. The number of carbonyl (C=O) groups excluding carboxylic acids is 1. The van der Waals surface area contributed by atoms with Gasteiger partial charge in [-0.15, -0.1) is 0 Å². The van der Waals surface area contributed by atoms with Crippen molar-refractivity contribution in [3.05, 3.63) is 39.9 Å². The summed E-state index contributed by atoms with van der Waals surface area (Å²) >= 11 is 2.90. The monoisotopic (exact) mass is 261 g/mol. The first-order valence-corrected chi connectivity index (χ1v) is 4.42. The van der Waals surface area contributed by atoms with Crippen LogP contribution in [0.15, 0.2) is 22.7 Å². The summed E-state index contributed by atoms with van der Waals surface area (Å²) in [5, 5.41) is 0. The number of rotatable bonds is 2. The molecule has 5 heteroatoms. The molecule has 0 bridgehead atoms. The van der Waals surface area contributed by atoms with Crippen LogP contribution >= 0.6 is 15.9 Å². The number of nitrogens with two attached hydrogens (primary N) is 1. The quantitative estimate of drug-likeness (QED) is 0.644. The lowest BCUT2D eigenvalue weighted by atomic mass is 10.2. The summed E-state index contributed by atoms with van der Waals surface area (Å²) in [6, 6.07) is 2.33. The summed E-state index contributed by atoms with van der Waals surface area (Å²) in [6.45, 7) is 0. The molecule has 0 heterocycles. The Morgan fingerprint density at radius 1 is 1.43 bits per heavy atom. The molecule has 0 radical (unpaired) electrons. The van der Waals surface area contributed by atoms with E-state index in [2.05, 4.69) is 15.9 Å². The van der Waals surface area contributed by atoms with Gasteiger partial charge in [0, 0.05) is 11.6 Å². The predicted octanol–water partition coefficient (Wildman–Crippen LogP) is 2.23. The standard InChI is InChI=1S/C9H6BrF2NO/c10-6-2-3-7(11)5(9(6)12)1-4-8(13)14/h1-4H,(H2,13,14). The maximum atomic E-state index is 13.2. The normalized spacial score (nSPS) is 10.8. The zero-order valence-corrected chi connectivity index (χ0v) is 8.51. The van der Waals surface area contributed by atoms with Crippen LogP contribution in [0.2, 0.25) is 0 Å². The summed E-state index contributed by atoms with van der Waals surface area (Å²) < 4.78 is 26.4. The summed E-state index contributed by atoms with van der Waals surface area (Å²) in [6.07, 6.45) is 1.89. The highest BCUT2D eigenvalue weighted by molar-refractivity contribution is 9.10. The van der Waals surface area contributed by atoms with Crippen LogP contribution in [0.4, 0.5) is 8.78 Å². The van der Waals surface area contributed by atoms with Crippen molar-refractivity contribution >= 4 is 27.9 Å². The molecule has 0 aliphatic carbocycles. The largest absolute Gasteiger partial charge is 0.366 e. The van der Waals surface area contributed by atoms with E-state index in [0.29, 0.717) is 0 Å². The molecular weight excluding hydrogens is 256 g/mol. The van der Waals surface area contributed by atoms with Crippen molar-refractivity contribution in [3.8, 4) is 0 Å². The molecule has 1 rings (SSSR count). The second-order valence-corrected chi connectivity index (χ2v) is 3.35. The molecule has 0 saturated carbocycles. The van der Waals surface area contributed by atoms with Gasteiger partial charge in [0.25, 0.3) is 0 Å². The molecule has 14 heavy (non-hydrogen) atoms. The van der Waals surface area contributed by atoms with Gasteiger partial charge in [0.2, 0.25) is 5.91 Å². The van der Waals surface area contributed by atoms with E-state index in [4.69, 9.17) is 5.73 Å². The van der Waals surface area contributed by atoms with Gasteiger partial charge >= 0.3 is 0 Å². The highest BCUT2D eigenvalue weighted by Gasteiger charge is 2.09. The van der Waals surface area contributed by atoms with Crippen molar-refractivity contribution < 1.29 is 13.6 Å². The van der Waals surface area contributed by atoms with E-state index in [-0.39, 0.29) is 10.0 Å². The lowest BCUT2D eigenvalue weighted by Gasteiger charge is -2.00. The Morgan fingerprint density at radius 2 is 2.07 bits per heavy atom. The highest BCUT2D eigenvalue weighted by Crippen LogP contribution is 2.22. The van der Waals surface area contributed by atoms with Crippen LogP contribution in [0.25, 0.3) is 6.08 Å². The fourth-order valence-corrected chi connectivity index (χ4v) is 1.21. The molecule has 0 spiro atoms. The lowest BCUT2D eigenvalue weighted by molar-refractivity contribution is -0.113. The van der Waals surface area contributed by atoms with Crippen molar-refractivity contribution in [3.63, 3.8) is 0 Å². The molecule has 1 amide bonds. The molecule has 2 nitrogen and oxygen atoms in total. The first-order valence-electron chi connectivity index (χ1n) is 3.63. The fraction of sp³-hybridized carbons (Fsp3) is 0. The number of primary amides is 1. The first-order chi connectivity index (χ1) is 6.52.